The molecule has 1 N–H and O–H groups in total. The summed E-state index contributed by atoms with van der Waals surface area (Å²) in [7, 11) is -2.88. The van der Waals surface area contributed by atoms with E-state index in [-0.39, 0.29) is 27.1 Å². The molecule has 33 heavy (non-hydrogen) atoms. The van der Waals surface area contributed by atoms with E-state index >= 15 is 0 Å². The highest BCUT2D eigenvalue weighted by Gasteiger charge is 2.31. The van der Waals surface area contributed by atoms with E-state index in [1.165, 1.54) is 43.9 Å². The van der Waals surface area contributed by atoms with Gasteiger partial charge in [0.2, 0.25) is 11.8 Å². The first-order valence-corrected chi connectivity index (χ1v) is 11.5. The van der Waals surface area contributed by atoms with Crippen molar-refractivity contribution in [1.82, 2.24) is 15.0 Å². The molecule has 0 saturated carbocycles. The molecule has 0 aliphatic heterocycles. The molecule has 0 spiro atoms. The highest BCUT2D eigenvalue weighted by atomic mass is 35.5. The number of methoxy groups -OCH3 is 1. The largest absolute Gasteiger partial charge is 0.479 e. The van der Waals surface area contributed by atoms with Crippen LogP contribution in [0.5, 0.6) is 5.88 Å². The number of sulfonamides is 1. The van der Waals surface area contributed by atoms with Crippen LogP contribution in [0.4, 0.5) is 11.4 Å². The molecule has 0 saturated heterocycles. The van der Waals surface area contributed by atoms with E-state index in [4.69, 9.17) is 16.3 Å². The van der Waals surface area contributed by atoms with Gasteiger partial charge >= 0.3 is 0 Å². The number of aromatic nitrogens is 3. The number of hydrogen-bond donors (Lipinski definition) is 1. The molecule has 0 fully saturated rings. The summed E-state index contributed by atoms with van der Waals surface area (Å²) in [4.78, 5) is 25.1. The highest BCUT2D eigenvalue weighted by Crippen LogP contribution is 2.32. The SMILES string of the molecule is COc1ncccc1N(CC(=O)Nc1ccc(Cl)nc1)S(=O)(=O)c1cccc2cccnc12. The number of benzene rings is 1. The Labute approximate surface area is 195 Å². The molecule has 0 aliphatic rings. The molecule has 3 aromatic heterocycles. The predicted molar refractivity (Wildman–Crippen MR) is 125 cm³/mol. The van der Waals surface area contributed by atoms with Gasteiger partial charge in [-0.15, -0.1) is 0 Å². The number of fused-ring (bicyclic) bond motifs is 1. The molecular formula is C22H18ClN5O4S. The number of halogens is 1. The second-order valence-corrected chi connectivity index (χ2v) is 9.01. The fraction of sp³-hybridized carbons (Fsp3) is 0.0909. The summed E-state index contributed by atoms with van der Waals surface area (Å²) < 4.78 is 33.9. The quantitative estimate of drug-likeness (QED) is 0.400. The summed E-state index contributed by atoms with van der Waals surface area (Å²) in [5.74, 6) is -0.544. The molecule has 4 rings (SSSR count). The van der Waals surface area contributed by atoms with E-state index in [2.05, 4.69) is 20.3 Å². The van der Waals surface area contributed by atoms with Crippen molar-refractivity contribution in [2.24, 2.45) is 0 Å². The number of nitrogens with zero attached hydrogens (tertiary/aromatic N) is 4. The van der Waals surface area contributed by atoms with Crippen molar-refractivity contribution in [2.75, 3.05) is 23.3 Å². The number of carbonyl (C=O) groups excluding carboxylic acids is 1. The van der Waals surface area contributed by atoms with E-state index in [9.17, 15) is 13.2 Å². The standard InChI is InChI=1S/C22H18ClN5O4S/c1-32-22-17(7-4-12-25-22)28(14-20(29)27-16-9-10-19(23)26-13-16)33(30,31)18-8-2-5-15-6-3-11-24-21(15)18/h2-13H,14H2,1H3,(H,27,29). The number of anilines is 2. The molecule has 3 heterocycles. The van der Waals surface area contributed by atoms with Gasteiger partial charge in [0.1, 0.15) is 22.3 Å². The van der Waals surface area contributed by atoms with Gasteiger partial charge < -0.3 is 10.1 Å². The summed E-state index contributed by atoms with van der Waals surface area (Å²) in [5, 5.41) is 3.54. The maximum absolute atomic E-state index is 13.8. The number of nitrogens with one attached hydrogen (secondary N) is 1. The molecule has 0 atom stereocenters. The van der Waals surface area contributed by atoms with Crippen LogP contribution in [0.2, 0.25) is 5.15 Å². The van der Waals surface area contributed by atoms with Crippen molar-refractivity contribution in [3.8, 4) is 5.88 Å². The van der Waals surface area contributed by atoms with Crippen molar-refractivity contribution in [1.29, 1.82) is 0 Å². The molecule has 1 aromatic carbocycles. The Morgan fingerprint density at radius 3 is 2.55 bits per heavy atom. The minimum Gasteiger partial charge on any atom is -0.479 e. The maximum atomic E-state index is 13.8. The minimum absolute atomic E-state index is 0.0486. The van der Waals surface area contributed by atoms with Gasteiger partial charge in [-0.1, -0.05) is 29.8 Å². The fourth-order valence-electron chi connectivity index (χ4n) is 3.21. The van der Waals surface area contributed by atoms with Gasteiger partial charge in [0.25, 0.3) is 10.0 Å². The lowest BCUT2D eigenvalue weighted by molar-refractivity contribution is -0.114. The lowest BCUT2D eigenvalue weighted by atomic mass is 10.2. The van der Waals surface area contributed by atoms with Crippen LogP contribution < -0.4 is 14.4 Å². The summed E-state index contributed by atoms with van der Waals surface area (Å²) in [5.41, 5.74) is 0.763. The third-order valence-electron chi connectivity index (χ3n) is 4.68. The molecule has 9 nitrogen and oxygen atoms in total. The molecule has 11 heteroatoms. The first-order valence-electron chi connectivity index (χ1n) is 9.67. The molecular weight excluding hydrogens is 466 g/mol. The number of hydrogen-bond acceptors (Lipinski definition) is 7. The second kappa shape index (κ2) is 9.39. The van der Waals surface area contributed by atoms with Gasteiger partial charge in [-0.2, -0.15) is 0 Å². The Morgan fingerprint density at radius 1 is 1.03 bits per heavy atom. The fourth-order valence-corrected chi connectivity index (χ4v) is 4.91. The average Bonchev–Trinajstić information content (AvgIpc) is 2.83. The summed E-state index contributed by atoms with van der Waals surface area (Å²) in [6.07, 6.45) is 4.35. The van der Waals surface area contributed by atoms with Crippen LogP contribution in [0.25, 0.3) is 10.9 Å². The maximum Gasteiger partial charge on any atom is 0.267 e. The molecule has 168 valence electrons. The van der Waals surface area contributed by atoms with Gasteiger partial charge in [-0.25, -0.2) is 18.4 Å². The zero-order valence-electron chi connectivity index (χ0n) is 17.3. The van der Waals surface area contributed by atoms with Crippen molar-refractivity contribution in [2.45, 2.75) is 4.90 Å². The van der Waals surface area contributed by atoms with E-state index in [0.717, 1.165) is 4.31 Å². The Balaban J connectivity index is 1.78. The lowest BCUT2D eigenvalue weighted by Crippen LogP contribution is -2.38. The number of para-hydroxylation sites is 1. The molecule has 0 aliphatic carbocycles. The molecule has 4 aromatic rings. The van der Waals surface area contributed by atoms with Crippen LogP contribution in [-0.4, -0.2) is 42.9 Å². The smallest absolute Gasteiger partial charge is 0.267 e. The monoisotopic (exact) mass is 483 g/mol. The molecule has 0 radical (unpaired) electrons. The third-order valence-corrected chi connectivity index (χ3v) is 6.69. The summed E-state index contributed by atoms with van der Waals surface area (Å²) in [6, 6.07) is 14.4. The van der Waals surface area contributed by atoms with E-state index in [1.54, 1.807) is 36.4 Å². The number of rotatable bonds is 7. The van der Waals surface area contributed by atoms with Gasteiger partial charge in [0.15, 0.2) is 0 Å². The van der Waals surface area contributed by atoms with Crippen LogP contribution in [0.15, 0.2) is 78.1 Å². The van der Waals surface area contributed by atoms with Crippen molar-refractivity contribution in [3.63, 3.8) is 0 Å². The van der Waals surface area contributed by atoms with E-state index in [0.29, 0.717) is 11.1 Å². The molecule has 0 unspecified atom stereocenters. The van der Waals surface area contributed by atoms with Crippen LogP contribution in [0, 0.1) is 0 Å². The summed E-state index contributed by atoms with van der Waals surface area (Å²) >= 11 is 5.78. The molecule has 1 amide bonds. The van der Waals surface area contributed by atoms with Crippen molar-refractivity contribution >= 4 is 49.8 Å². The normalized spacial score (nSPS) is 11.2. The van der Waals surface area contributed by atoms with Crippen LogP contribution in [-0.2, 0) is 14.8 Å². The van der Waals surface area contributed by atoms with Gasteiger partial charge in [0.05, 0.1) is 24.5 Å². The van der Waals surface area contributed by atoms with Crippen LogP contribution in [0.1, 0.15) is 0 Å². The molecule has 0 bridgehead atoms. The Hall–Kier alpha value is -3.76. The average molecular weight is 484 g/mol. The zero-order valence-corrected chi connectivity index (χ0v) is 18.9. The number of ether oxygens (including phenoxy) is 1. The van der Waals surface area contributed by atoms with Crippen molar-refractivity contribution in [3.05, 3.63) is 78.3 Å². The first kappa shape index (κ1) is 22.4. The minimum atomic E-state index is -4.25. The third kappa shape index (κ3) is 4.71. The first-order chi connectivity index (χ1) is 15.9. The van der Waals surface area contributed by atoms with Gasteiger partial charge in [0, 0.05) is 17.8 Å². The number of pyridine rings is 3. The summed E-state index contributed by atoms with van der Waals surface area (Å²) in [6.45, 7) is -0.545. The van der Waals surface area contributed by atoms with Gasteiger partial charge in [-0.05, 0) is 36.4 Å². The van der Waals surface area contributed by atoms with E-state index in [1.807, 2.05) is 0 Å². The lowest BCUT2D eigenvalue weighted by Gasteiger charge is -2.25. The van der Waals surface area contributed by atoms with E-state index < -0.39 is 22.5 Å². The Morgan fingerprint density at radius 2 is 1.79 bits per heavy atom. The second-order valence-electron chi connectivity index (χ2n) is 6.79. The van der Waals surface area contributed by atoms with Gasteiger partial charge in [-0.3, -0.25) is 14.1 Å². The topological polar surface area (TPSA) is 114 Å². The Kier molecular flexibility index (Phi) is 6.38. The Bertz CT molecular complexity index is 1410. The number of amides is 1. The van der Waals surface area contributed by atoms with Crippen LogP contribution >= 0.6 is 11.6 Å². The van der Waals surface area contributed by atoms with Crippen LogP contribution in [0.3, 0.4) is 0 Å². The van der Waals surface area contributed by atoms with Crippen molar-refractivity contribution < 1.29 is 17.9 Å². The predicted octanol–water partition coefficient (Wildman–Crippen LogP) is 3.52. The number of carbonyl (C=O) groups is 1. The highest BCUT2D eigenvalue weighted by molar-refractivity contribution is 7.93. The zero-order chi connectivity index (χ0) is 23.4.